The normalized spacial score (nSPS) is 45.3. The van der Waals surface area contributed by atoms with E-state index in [0.717, 1.165) is 24.2 Å². The van der Waals surface area contributed by atoms with E-state index in [1.54, 1.807) is 0 Å². The fraction of sp³-hybridized carbons (Fsp3) is 0.889. The highest BCUT2D eigenvalue weighted by molar-refractivity contribution is 5.17. The third kappa shape index (κ3) is 2.28. The molecule has 6 atom stereocenters. The van der Waals surface area contributed by atoms with E-state index in [1.165, 1.54) is 12.8 Å². The van der Waals surface area contributed by atoms with Crippen LogP contribution < -0.4 is 0 Å². The van der Waals surface area contributed by atoms with Gasteiger partial charge in [-0.15, -0.1) is 0 Å². The van der Waals surface area contributed by atoms with Gasteiger partial charge in [0.1, 0.15) is 0 Å². The molecule has 2 unspecified atom stereocenters. The molecule has 2 aliphatic rings. The van der Waals surface area contributed by atoms with E-state index in [2.05, 4.69) is 46.8 Å². The molecule has 110 valence electrons. The van der Waals surface area contributed by atoms with Gasteiger partial charge in [-0.1, -0.05) is 46.8 Å². The maximum atomic E-state index is 10.9. The fourth-order valence-electron chi connectivity index (χ4n) is 5.12. The Balaban J connectivity index is 2.11. The van der Waals surface area contributed by atoms with Crippen molar-refractivity contribution in [1.29, 1.82) is 0 Å². The minimum atomic E-state index is -0.632. The molecule has 1 nitrogen and oxygen atoms in total. The lowest BCUT2D eigenvalue weighted by atomic mass is 9.46. The van der Waals surface area contributed by atoms with E-state index < -0.39 is 5.60 Å². The molecule has 2 aliphatic carbocycles. The Kier molecular flexibility index (Phi) is 3.90. The van der Waals surface area contributed by atoms with Crippen LogP contribution in [-0.4, -0.2) is 10.7 Å². The summed E-state index contributed by atoms with van der Waals surface area (Å²) in [6.07, 6.45) is 7.83. The predicted octanol–water partition coefficient (Wildman–Crippen LogP) is 4.66. The lowest BCUT2D eigenvalue weighted by Crippen LogP contribution is -2.56. The van der Waals surface area contributed by atoms with Gasteiger partial charge in [0.05, 0.1) is 5.60 Å². The Morgan fingerprint density at radius 1 is 1.32 bits per heavy atom. The molecule has 0 spiro atoms. The standard InChI is InChI=1S/C18H32O/c1-12(2)8-7-11-17(5,19)16-10-9-15-13(3)14(4)18(15,16)6/h7,11-16,19H,8-10H2,1-6H3/b11-7+/t13?,14?,15-,16+,17-,18-/m0/s1. The van der Waals surface area contributed by atoms with Crippen LogP contribution in [0.15, 0.2) is 12.2 Å². The topological polar surface area (TPSA) is 20.2 Å². The van der Waals surface area contributed by atoms with Crippen LogP contribution in [0, 0.1) is 35.0 Å². The molecule has 2 saturated carbocycles. The van der Waals surface area contributed by atoms with Gasteiger partial charge in [0.2, 0.25) is 0 Å². The first-order valence-corrected chi connectivity index (χ1v) is 8.11. The Bertz CT molecular complexity index is 355. The molecule has 0 aromatic heterocycles. The van der Waals surface area contributed by atoms with Crippen LogP contribution in [0.5, 0.6) is 0 Å². The van der Waals surface area contributed by atoms with Gasteiger partial charge in [0, 0.05) is 0 Å². The van der Waals surface area contributed by atoms with Gasteiger partial charge in [-0.25, -0.2) is 0 Å². The van der Waals surface area contributed by atoms with Gasteiger partial charge in [0.25, 0.3) is 0 Å². The van der Waals surface area contributed by atoms with E-state index in [-0.39, 0.29) is 0 Å². The zero-order valence-electron chi connectivity index (χ0n) is 13.6. The maximum absolute atomic E-state index is 10.9. The lowest BCUT2D eigenvalue weighted by molar-refractivity contribution is -0.138. The smallest absolute Gasteiger partial charge is 0.0833 e. The molecule has 0 heterocycles. The van der Waals surface area contributed by atoms with Crippen LogP contribution in [0.25, 0.3) is 0 Å². The van der Waals surface area contributed by atoms with E-state index in [0.29, 0.717) is 17.3 Å². The van der Waals surface area contributed by atoms with Gasteiger partial charge in [-0.05, 0) is 61.2 Å². The summed E-state index contributed by atoms with van der Waals surface area (Å²) in [6.45, 7) is 13.7. The van der Waals surface area contributed by atoms with Crippen molar-refractivity contribution < 1.29 is 5.11 Å². The molecule has 0 radical (unpaired) electrons. The Morgan fingerprint density at radius 2 is 1.95 bits per heavy atom. The van der Waals surface area contributed by atoms with E-state index >= 15 is 0 Å². The largest absolute Gasteiger partial charge is 0.386 e. The van der Waals surface area contributed by atoms with Crippen molar-refractivity contribution in [1.82, 2.24) is 0 Å². The minimum absolute atomic E-state index is 0.352. The second kappa shape index (κ2) is 4.91. The van der Waals surface area contributed by atoms with Crippen molar-refractivity contribution in [3.05, 3.63) is 12.2 Å². The molecule has 0 aromatic carbocycles. The molecule has 0 saturated heterocycles. The number of allylic oxidation sites excluding steroid dienone is 1. The summed E-state index contributed by atoms with van der Waals surface area (Å²) in [7, 11) is 0. The van der Waals surface area contributed by atoms with Crippen molar-refractivity contribution in [2.75, 3.05) is 0 Å². The number of fused-ring (bicyclic) bond motifs is 1. The lowest BCUT2D eigenvalue weighted by Gasteiger charge is -2.59. The quantitative estimate of drug-likeness (QED) is 0.732. The van der Waals surface area contributed by atoms with Crippen LogP contribution in [-0.2, 0) is 0 Å². The molecule has 2 rings (SSSR count). The molecule has 0 amide bonds. The highest BCUT2D eigenvalue weighted by Crippen LogP contribution is 2.68. The first-order valence-electron chi connectivity index (χ1n) is 8.11. The molecule has 2 fully saturated rings. The monoisotopic (exact) mass is 264 g/mol. The highest BCUT2D eigenvalue weighted by atomic mass is 16.3. The molecule has 0 aliphatic heterocycles. The molecule has 0 aromatic rings. The molecule has 1 N–H and O–H groups in total. The Labute approximate surface area is 119 Å². The molecular weight excluding hydrogens is 232 g/mol. The van der Waals surface area contributed by atoms with Crippen molar-refractivity contribution >= 4 is 0 Å². The third-order valence-electron chi connectivity index (χ3n) is 6.49. The van der Waals surface area contributed by atoms with E-state index in [4.69, 9.17) is 0 Å². The summed E-state index contributed by atoms with van der Waals surface area (Å²) in [5.41, 5.74) is -0.280. The zero-order chi connectivity index (χ0) is 14.4. The SMILES string of the molecule is CC(C)C/C=C/[C@](C)(O)[C@H]1CC[C@H]2C(C)C(C)[C@@]21C. The van der Waals surface area contributed by atoms with Gasteiger partial charge < -0.3 is 5.11 Å². The molecule has 19 heavy (non-hydrogen) atoms. The van der Waals surface area contributed by atoms with Gasteiger partial charge in [0.15, 0.2) is 0 Å². The molecular formula is C18H32O. The van der Waals surface area contributed by atoms with Crippen LogP contribution >= 0.6 is 0 Å². The fourth-order valence-corrected chi connectivity index (χ4v) is 5.12. The summed E-state index contributed by atoms with van der Waals surface area (Å²) in [5.74, 6) is 3.51. The zero-order valence-corrected chi connectivity index (χ0v) is 13.6. The second-order valence-electron chi connectivity index (χ2n) is 8.01. The summed E-state index contributed by atoms with van der Waals surface area (Å²) in [5, 5.41) is 10.9. The van der Waals surface area contributed by atoms with Gasteiger partial charge >= 0.3 is 0 Å². The summed E-state index contributed by atoms with van der Waals surface area (Å²) >= 11 is 0. The van der Waals surface area contributed by atoms with Crippen molar-refractivity contribution in [3.8, 4) is 0 Å². The highest BCUT2D eigenvalue weighted by Gasteiger charge is 2.64. The minimum Gasteiger partial charge on any atom is -0.386 e. The van der Waals surface area contributed by atoms with Crippen LogP contribution in [0.2, 0.25) is 0 Å². The predicted molar refractivity (Wildman–Crippen MR) is 81.9 cm³/mol. The second-order valence-corrected chi connectivity index (χ2v) is 8.01. The summed E-state index contributed by atoms with van der Waals surface area (Å²) in [6, 6.07) is 0. The number of hydrogen-bond acceptors (Lipinski definition) is 1. The van der Waals surface area contributed by atoms with Crippen molar-refractivity contribution in [2.45, 2.75) is 66.4 Å². The first kappa shape index (κ1) is 15.1. The maximum Gasteiger partial charge on any atom is 0.0833 e. The number of rotatable bonds is 4. The average molecular weight is 264 g/mol. The number of hydrogen-bond donors (Lipinski definition) is 1. The molecule has 0 bridgehead atoms. The molecule has 1 heteroatoms. The van der Waals surface area contributed by atoms with E-state index in [1.807, 2.05) is 6.92 Å². The first-order chi connectivity index (χ1) is 8.71. The summed E-state index contributed by atoms with van der Waals surface area (Å²) in [4.78, 5) is 0. The van der Waals surface area contributed by atoms with Gasteiger partial charge in [-0.2, -0.15) is 0 Å². The van der Waals surface area contributed by atoms with Crippen LogP contribution in [0.3, 0.4) is 0 Å². The van der Waals surface area contributed by atoms with Crippen LogP contribution in [0.1, 0.15) is 60.8 Å². The summed E-state index contributed by atoms with van der Waals surface area (Å²) < 4.78 is 0. The van der Waals surface area contributed by atoms with Crippen molar-refractivity contribution in [2.24, 2.45) is 35.0 Å². The van der Waals surface area contributed by atoms with Crippen molar-refractivity contribution in [3.63, 3.8) is 0 Å². The third-order valence-corrected chi connectivity index (χ3v) is 6.49. The Morgan fingerprint density at radius 3 is 2.53 bits per heavy atom. The van der Waals surface area contributed by atoms with E-state index in [9.17, 15) is 5.11 Å². The van der Waals surface area contributed by atoms with Crippen LogP contribution in [0.4, 0.5) is 0 Å². The average Bonchev–Trinajstić information content (AvgIpc) is 2.63. The Hall–Kier alpha value is -0.300. The van der Waals surface area contributed by atoms with Gasteiger partial charge in [-0.3, -0.25) is 0 Å². The number of aliphatic hydroxyl groups is 1.